The SMILES string of the molecule is O=C1COC(c2ccc(C(F)(F)F)cc2C(F)(F)F)CN1. The number of hydrogen-bond acceptors (Lipinski definition) is 2. The minimum atomic E-state index is -4.96. The Balaban J connectivity index is 2.43. The summed E-state index contributed by atoms with van der Waals surface area (Å²) < 4.78 is 81.3. The lowest BCUT2D eigenvalue weighted by molar-refractivity contribution is -0.145. The molecule has 3 nitrogen and oxygen atoms in total. The Kier molecular flexibility index (Phi) is 3.87. The molecule has 1 aromatic rings. The second-order valence-electron chi connectivity index (χ2n) is 4.40. The van der Waals surface area contributed by atoms with Crippen LogP contribution in [0.25, 0.3) is 0 Å². The van der Waals surface area contributed by atoms with Gasteiger partial charge in [-0.05, 0) is 17.7 Å². The first-order valence-corrected chi connectivity index (χ1v) is 5.75. The van der Waals surface area contributed by atoms with Gasteiger partial charge in [-0.15, -0.1) is 0 Å². The Hall–Kier alpha value is -1.77. The summed E-state index contributed by atoms with van der Waals surface area (Å²) in [5, 5.41) is 2.30. The van der Waals surface area contributed by atoms with Gasteiger partial charge in [0.25, 0.3) is 0 Å². The average Bonchev–Trinajstić information content (AvgIpc) is 2.37. The van der Waals surface area contributed by atoms with Crippen LogP contribution in [0, 0.1) is 0 Å². The molecule has 1 aromatic carbocycles. The Morgan fingerprint density at radius 2 is 1.76 bits per heavy atom. The lowest BCUT2D eigenvalue weighted by Gasteiger charge is -2.26. The second kappa shape index (κ2) is 5.21. The van der Waals surface area contributed by atoms with Gasteiger partial charge < -0.3 is 10.1 Å². The Bertz CT molecular complexity index is 542. The van der Waals surface area contributed by atoms with E-state index in [1.807, 2.05) is 0 Å². The van der Waals surface area contributed by atoms with Crippen molar-refractivity contribution in [1.82, 2.24) is 5.32 Å². The van der Waals surface area contributed by atoms with Gasteiger partial charge in [0, 0.05) is 6.54 Å². The van der Waals surface area contributed by atoms with Crippen molar-refractivity contribution in [2.45, 2.75) is 18.5 Å². The first kappa shape index (κ1) is 15.6. The van der Waals surface area contributed by atoms with Crippen LogP contribution >= 0.6 is 0 Å². The van der Waals surface area contributed by atoms with Gasteiger partial charge in [0.2, 0.25) is 5.91 Å². The van der Waals surface area contributed by atoms with Crippen molar-refractivity contribution >= 4 is 5.91 Å². The molecule has 0 bridgehead atoms. The zero-order chi connectivity index (χ0) is 15.8. The van der Waals surface area contributed by atoms with Crippen LogP contribution in [0.4, 0.5) is 26.3 Å². The summed E-state index contributed by atoms with van der Waals surface area (Å²) >= 11 is 0. The highest BCUT2D eigenvalue weighted by atomic mass is 19.4. The van der Waals surface area contributed by atoms with Gasteiger partial charge in [0.1, 0.15) is 12.7 Å². The lowest BCUT2D eigenvalue weighted by Crippen LogP contribution is -2.39. The number of nitrogens with one attached hydrogen (secondary N) is 1. The summed E-state index contributed by atoms with van der Waals surface area (Å²) in [7, 11) is 0. The van der Waals surface area contributed by atoms with Gasteiger partial charge >= 0.3 is 12.4 Å². The summed E-state index contributed by atoms with van der Waals surface area (Å²) in [6, 6.07) is 1.34. The van der Waals surface area contributed by atoms with Gasteiger partial charge in [-0.3, -0.25) is 4.79 Å². The molecule has 1 aliphatic rings. The number of halogens is 6. The third-order valence-corrected chi connectivity index (χ3v) is 2.93. The number of carbonyl (C=O) groups is 1. The van der Waals surface area contributed by atoms with E-state index >= 15 is 0 Å². The standard InChI is InChI=1S/C12H9F6NO2/c13-11(14,15)6-1-2-7(8(3-6)12(16,17)18)9-4-19-10(20)5-21-9/h1-3,9H,4-5H2,(H,19,20). The van der Waals surface area contributed by atoms with Gasteiger partial charge in [-0.2, -0.15) is 26.3 Å². The molecule has 1 N–H and O–H groups in total. The number of rotatable bonds is 1. The molecule has 0 saturated carbocycles. The third-order valence-electron chi connectivity index (χ3n) is 2.93. The van der Waals surface area contributed by atoms with E-state index in [-0.39, 0.29) is 12.6 Å². The third kappa shape index (κ3) is 3.46. The van der Waals surface area contributed by atoms with Crippen LogP contribution in [-0.4, -0.2) is 19.1 Å². The van der Waals surface area contributed by atoms with Crippen LogP contribution < -0.4 is 5.32 Å². The average molecular weight is 313 g/mol. The van der Waals surface area contributed by atoms with E-state index in [0.29, 0.717) is 6.07 Å². The number of amides is 1. The van der Waals surface area contributed by atoms with Gasteiger partial charge in [-0.25, -0.2) is 0 Å². The zero-order valence-corrected chi connectivity index (χ0v) is 10.3. The van der Waals surface area contributed by atoms with Crippen LogP contribution in [-0.2, 0) is 21.9 Å². The molecular weight excluding hydrogens is 304 g/mol. The number of ether oxygens (including phenoxy) is 1. The summed E-state index contributed by atoms with van der Waals surface area (Å²) in [5.41, 5.74) is -3.24. The highest BCUT2D eigenvalue weighted by Gasteiger charge is 2.40. The van der Waals surface area contributed by atoms with E-state index in [0.717, 1.165) is 6.07 Å². The van der Waals surface area contributed by atoms with E-state index in [1.54, 1.807) is 0 Å². The van der Waals surface area contributed by atoms with Crippen LogP contribution in [0.1, 0.15) is 22.8 Å². The van der Waals surface area contributed by atoms with Crippen molar-refractivity contribution in [3.05, 3.63) is 34.9 Å². The fourth-order valence-electron chi connectivity index (χ4n) is 1.95. The number of morpholine rings is 1. The largest absolute Gasteiger partial charge is 0.416 e. The molecular formula is C12H9F6NO2. The van der Waals surface area contributed by atoms with E-state index in [1.165, 1.54) is 0 Å². The molecule has 1 heterocycles. The number of benzene rings is 1. The molecule has 0 spiro atoms. The Morgan fingerprint density at radius 3 is 2.24 bits per heavy atom. The van der Waals surface area contributed by atoms with E-state index < -0.39 is 47.7 Å². The smallest absolute Gasteiger partial charge is 0.362 e. The molecule has 2 rings (SSSR count). The van der Waals surface area contributed by atoms with E-state index in [2.05, 4.69) is 5.32 Å². The molecule has 1 fully saturated rings. The van der Waals surface area contributed by atoms with Crippen molar-refractivity contribution in [2.24, 2.45) is 0 Å². The van der Waals surface area contributed by atoms with E-state index in [9.17, 15) is 31.1 Å². The summed E-state index contributed by atoms with van der Waals surface area (Å²) in [5.74, 6) is -0.494. The number of carbonyl (C=O) groups excluding carboxylic acids is 1. The molecule has 9 heteroatoms. The molecule has 1 aliphatic heterocycles. The number of alkyl halides is 6. The normalized spacial score (nSPS) is 20.3. The molecule has 1 atom stereocenters. The maximum atomic E-state index is 12.9. The fourth-order valence-corrected chi connectivity index (χ4v) is 1.95. The Morgan fingerprint density at radius 1 is 1.10 bits per heavy atom. The zero-order valence-electron chi connectivity index (χ0n) is 10.3. The molecule has 0 radical (unpaired) electrons. The minimum absolute atomic E-state index is 0.0507. The highest BCUT2D eigenvalue weighted by Crippen LogP contribution is 2.39. The maximum absolute atomic E-state index is 12.9. The molecule has 1 amide bonds. The summed E-state index contributed by atoms with van der Waals surface area (Å²) in [6.45, 7) is -0.670. The molecule has 21 heavy (non-hydrogen) atoms. The molecule has 1 unspecified atom stereocenters. The van der Waals surface area contributed by atoms with Crippen LogP contribution in [0.15, 0.2) is 18.2 Å². The van der Waals surface area contributed by atoms with Crippen LogP contribution in [0.2, 0.25) is 0 Å². The summed E-state index contributed by atoms with van der Waals surface area (Å²) in [6.07, 6.45) is -11.0. The molecule has 0 aliphatic carbocycles. The summed E-state index contributed by atoms with van der Waals surface area (Å²) in [4.78, 5) is 10.9. The lowest BCUT2D eigenvalue weighted by atomic mass is 9.98. The van der Waals surface area contributed by atoms with Crippen molar-refractivity contribution in [3.63, 3.8) is 0 Å². The topological polar surface area (TPSA) is 38.3 Å². The second-order valence-corrected chi connectivity index (χ2v) is 4.40. The maximum Gasteiger partial charge on any atom is 0.416 e. The first-order valence-electron chi connectivity index (χ1n) is 5.75. The van der Waals surface area contributed by atoms with E-state index in [4.69, 9.17) is 4.74 Å². The highest BCUT2D eigenvalue weighted by molar-refractivity contribution is 5.77. The Labute approximate surface area is 114 Å². The van der Waals surface area contributed by atoms with Crippen molar-refractivity contribution in [1.29, 1.82) is 0 Å². The predicted octanol–water partition coefficient (Wildman–Crippen LogP) is 2.91. The van der Waals surface area contributed by atoms with Gasteiger partial charge in [0.05, 0.1) is 11.1 Å². The van der Waals surface area contributed by atoms with Crippen LogP contribution in [0.3, 0.4) is 0 Å². The monoisotopic (exact) mass is 313 g/mol. The van der Waals surface area contributed by atoms with Gasteiger partial charge in [0.15, 0.2) is 0 Å². The van der Waals surface area contributed by atoms with Gasteiger partial charge in [-0.1, -0.05) is 6.07 Å². The number of hydrogen-bond donors (Lipinski definition) is 1. The first-order chi connectivity index (χ1) is 9.59. The molecule has 1 saturated heterocycles. The van der Waals surface area contributed by atoms with Crippen molar-refractivity contribution in [3.8, 4) is 0 Å². The van der Waals surface area contributed by atoms with Crippen molar-refractivity contribution < 1.29 is 35.9 Å². The quantitative estimate of drug-likeness (QED) is 0.810. The molecule has 0 aromatic heterocycles. The fraction of sp³-hybridized carbons (Fsp3) is 0.417. The molecule has 116 valence electrons. The van der Waals surface area contributed by atoms with Crippen LogP contribution in [0.5, 0.6) is 0 Å². The van der Waals surface area contributed by atoms with Crippen molar-refractivity contribution in [2.75, 3.05) is 13.2 Å². The predicted molar refractivity (Wildman–Crippen MR) is 58.1 cm³/mol. The minimum Gasteiger partial charge on any atom is -0.362 e.